The van der Waals surface area contributed by atoms with Crippen LogP contribution in [-0.4, -0.2) is 30.0 Å². The molecule has 1 N–H and O–H groups in total. The number of nitrogens with zero attached hydrogens (tertiary/aromatic N) is 1. The lowest BCUT2D eigenvalue weighted by molar-refractivity contribution is -0.384. The summed E-state index contributed by atoms with van der Waals surface area (Å²) in [5.41, 5.74) is 1.33. The van der Waals surface area contributed by atoms with E-state index in [2.05, 4.69) is 5.32 Å². The lowest BCUT2D eigenvalue weighted by Crippen LogP contribution is -2.30. The molecule has 27 heavy (non-hydrogen) atoms. The third-order valence-electron chi connectivity index (χ3n) is 3.90. The second-order valence-electron chi connectivity index (χ2n) is 5.73. The molecule has 0 aliphatic heterocycles. The first-order chi connectivity index (χ1) is 12.8. The molecule has 8 heteroatoms. The lowest BCUT2D eigenvalue weighted by atomic mass is 10.1. The van der Waals surface area contributed by atoms with Crippen LogP contribution in [0.1, 0.15) is 29.8 Å². The fraction of sp³-hybridized carbons (Fsp3) is 0.263. The van der Waals surface area contributed by atoms with Gasteiger partial charge in [-0.05, 0) is 37.1 Å². The number of benzene rings is 2. The Labute approximate surface area is 156 Å². The molecule has 1 atom stereocenters. The fourth-order valence-corrected chi connectivity index (χ4v) is 2.30. The molecule has 1 amide bonds. The quantitative estimate of drug-likeness (QED) is 0.454. The number of nitro groups is 1. The second kappa shape index (κ2) is 8.79. The van der Waals surface area contributed by atoms with Crippen LogP contribution in [0.5, 0.6) is 5.75 Å². The number of aryl methyl sites for hydroxylation is 1. The number of carbonyl (C=O) groups is 2. The van der Waals surface area contributed by atoms with Crippen LogP contribution in [0.3, 0.4) is 0 Å². The molecule has 0 saturated carbocycles. The van der Waals surface area contributed by atoms with Gasteiger partial charge in [0.2, 0.25) is 0 Å². The van der Waals surface area contributed by atoms with Gasteiger partial charge in [-0.3, -0.25) is 14.9 Å². The largest absolute Gasteiger partial charge is 0.495 e. The van der Waals surface area contributed by atoms with Gasteiger partial charge >= 0.3 is 5.97 Å². The number of non-ortho nitro benzene ring substituents is 1. The van der Waals surface area contributed by atoms with E-state index in [1.54, 1.807) is 12.1 Å². The molecule has 8 nitrogen and oxygen atoms in total. The summed E-state index contributed by atoms with van der Waals surface area (Å²) in [6.07, 6.45) is -0.258. The van der Waals surface area contributed by atoms with Crippen LogP contribution in [0.2, 0.25) is 0 Å². The van der Waals surface area contributed by atoms with Gasteiger partial charge in [0, 0.05) is 12.1 Å². The van der Waals surface area contributed by atoms with Gasteiger partial charge in [0.25, 0.3) is 11.6 Å². The number of anilines is 1. The van der Waals surface area contributed by atoms with Gasteiger partial charge < -0.3 is 14.8 Å². The zero-order valence-electron chi connectivity index (χ0n) is 15.2. The van der Waals surface area contributed by atoms with Crippen molar-refractivity contribution in [2.45, 2.75) is 26.4 Å². The van der Waals surface area contributed by atoms with Gasteiger partial charge in [-0.1, -0.05) is 19.1 Å². The lowest BCUT2D eigenvalue weighted by Gasteiger charge is -2.15. The molecule has 2 aromatic rings. The number of rotatable bonds is 7. The first-order valence-corrected chi connectivity index (χ1v) is 8.29. The third kappa shape index (κ3) is 5.04. The SMILES string of the molecule is CCc1ccc(C(=O)OC(C)C(=O)Nc2cc([N+](=O)[O-])ccc2OC)cc1. The average molecular weight is 372 g/mol. The van der Waals surface area contributed by atoms with Crippen LogP contribution < -0.4 is 10.1 Å². The Morgan fingerprint density at radius 3 is 2.41 bits per heavy atom. The van der Waals surface area contributed by atoms with Crippen LogP contribution in [0.4, 0.5) is 11.4 Å². The van der Waals surface area contributed by atoms with Crippen LogP contribution >= 0.6 is 0 Å². The third-order valence-corrected chi connectivity index (χ3v) is 3.90. The summed E-state index contributed by atoms with van der Waals surface area (Å²) in [5.74, 6) is -1.01. The molecule has 0 heterocycles. The monoisotopic (exact) mass is 372 g/mol. The minimum atomic E-state index is -1.10. The molecule has 0 fully saturated rings. The molecular weight excluding hydrogens is 352 g/mol. The number of hydrogen-bond donors (Lipinski definition) is 1. The van der Waals surface area contributed by atoms with Gasteiger partial charge in [0.15, 0.2) is 6.10 Å². The standard InChI is InChI=1S/C19H20N2O6/c1-4-13-5-7-14(8-6-13)19(23)27-12(2)18(22)20-16-11-15(21(24)25)9-10-17(16)26-3/h5-12H,4H2,1-3H3,(H,20,22). The maximum Gasteiger partial charge on any atom is 0.338 e. The first kappa shape index (κ1) is 19.9. The number of ether oxygens (including phenoxy) is 2. The van der Waals surface area contributed by atoms with E-state index in [1.165, 1.54) is 32.2 Å². The van der Waals surface area contributed by atoms with E-state index >= 15 is 0 Å². The molecule has 0 radical (unpaired) electrons. The van der Waals surface area contributed by atoms with Crippen molar-refractivity contribution in [3.63, 3.8) is 0 Å². The molecule has 0 aliphatic carbocycles. The molecule has 0 aromatic heterocycles. The minimum absolute atomic E-state index is 0.117. The number of amides is 1. The zero-order chi connectivity index (χ0) is 20.0. The Morgan fingerprint density at radius 2 is 1.85 bits per heavy atom. The topological polar surface area (TPSA) is 108 Å². The van der Waals surface area contributed by atoms with Gasteiger partial charge in [-0.2, -0.15) is 0 Å². The summed E-state index contributed by atoms with van der Waals surface area (Å²) < 4.78 is 10.3. The predicted molar refractivity (Wildman–Crippen MR) is 99.0 cm³/mol. The van der Waals surface area contributed by atoms with Gasteiger partial charge in [-0.25, -0.2) is 4.79 Å². The summed E-state index contributed by atoms with van der Waals surface area (Å²) >= 11 is 0. The van der Waals surface area contributed by atoms with Crippen LogP contribution in [0.25, 0.3) is 0 Å². The summed E-state index contributed by atoms with van der Waals surface area (Å²) in [4.78, 5) is 34.8. The molecule has 2 rings (SSSR count). The van der Waals surface area contributed by atoms with E-state index in [9.17, 15) is 19.7 Å². The number of methoxy groups -OCH3 is 1. The van der Waals surface area contributed by atoms with Crippen LogP contribution in [0, 0.1) is 10.1 Å². The maximum atomic E-state index is 12.3. The van der Waals surface area contributed by atoms with Crippen molar-refractivity contribution >= 4 is 23.3 Å². The molecule has 0 bridgehead atoms. The Kier molecular flexibility index (Phi) is 6.48. The smallest absolute Gasteiger partial charge is 0.338 e. The summed E-state index contributed by atoms with van der Waals surface area (Å²) in [6.45, 7) is 3.42. The molecule has 0 saturated heterocycles. The number of hydrogen-bond acceptors (Lipinski definition) is 6. The molecule has 142 valence electrons. The molecule has 0 spiro atoms. The number of nitro benzene ring substituents is 1. The maximum absolute atomic E-state index is 12.3. The van der Waals surface area contributed by atoms with E-state index < -0.39 is 22.9 Å². The van der Waals surface area contributed by atoms with Crippen LogP contribution in [-0.2, 0) is 16.0 Å². The molecular formula is C19H20N2O6. The number of carbonyl (C=O) groups excluding carboxylic acids is 2. The molecule has 0 aliphatic rings. The van der Waals surface area contributed by atoms with Crippen molar-refractivity contribution in [3.05, 3.63) is 63.7 Å². The molecule has 1 unspecified atom stereocenters. The van der Waals surface area contributed by atoms with Crippen molar-refractivity contribution in [1.29, 1.82) is 0 Å². The number of esters is 1. The van der Waals surface area contributed by atoms with Crippen molar-refractivity contribution < 1.29 is 24.0 Å². The second-order valence-corrected chi connectivity index (χ2v) is 5.73. The van der Waals surface area contributed by atoms with E-state index in [0.29, 0.717) is 5.56 Å². The van der Waals surface area contributed by atoms with Gasteiger partial charge in [-0.15, -0.1) is 0 Å². The highest BCUT2D eigenvalue weighted by Crippen LogP contribution is 2.29. The Bertz CT molecular complexity index is 848. The van der Waals surface area contributed by atoms with E-state index in [0.717, 1.165) is 12.0 Å². The highest BCUT2D eigenvalue weighted by molar-refractivity contribution is 5.98. The van der Waals surface area contributed by atoms with E-state index in [1.807, 2.05) is 19.1 Å². The predicted octanol–water partition coefficient (Wildman–Crippen LogP) is 3.35. The number of nitrogens with one attached hydrogen (secondary N) is 1. The zero-order valence-corrected chi connectivity index (χ0v) is 15.2. The minimum Gasteiger partial charge on any atom is -0.495 e. The van der Waals surface area contributed by atoms with Gasteiger partial charge in [0.05, 0.1) is 23.3 Å². The Balaban J connectivity index is 2.07. The Morgan fingerprint density at radius 1 is 1.19 bits per heavy atom. The first-order valence-electron chi connectivity index (χ1n) is 8.29. The van der Waals surface area contributed by atoms with E-state index in [4.69, 9.17) is 9.47 Å². The van der Waals surface area contributed by atoms with Crippen molar-refractivity contribution in [1.82, 2.24) is 0 Å². The summed E-state index contributed by atoms with van der Waals surface area (Å²) in [6, 6.07) is 10.7. The van der Waals surface area contributed by atoms with Crippen molar-refractivity contribution in [2.75, 3.05) is 12.4 Å². The van der Waals surface area contributed by atoms with Crippen molar-refractivity contribution in [3.8, 4) is 5.75 Å². The van der Waals surface area contributed by atoms with Crippen LogP contribution in [0.15, 0.2) is 42.5 Å². The van der Waals surface area contributed by atoms with Gasteiger partial charge in [0.1, 0.15) is 5.75 Å². The van der Waals surface area contributed by atoms with E-state index in [-0.39, 0.29) is 17.1 Å². The average Bonchev–Trinajstić information content (AvgIpc) is 2.67. The fourth-order valence-electron chi connectivity index (χ4n) is 2.30. The summed E-state index contributed by atoms with van der Waals surface area (Å²) in [5, 5.41) is 13.4. The summed E-state index contributed by atoms with van der Waals surface area (Å²) in [7, 11) is 1.38. The normalized spacial score (nSPS) is 11.4. The Hall–Kier alpha value is -3.42. The highest BCUT2D eigenvalue weighted by atomic mass is 16.6. The highest BCUT2D eigenvalue weighted by Gasteiger charge is 2.21. The molecule has 2 aromatic carbocycles. The van der Waals surface area contributed by atoms with Crippen molar-refractivity contribution in [2.24, 2.45) is 0 Å².